The first kappa shape index (κ1) is 8.49. The molecule has 1 rings (SSSR count). The molecule has 4 N–H and O–H groups in total. The molecule has 0 aromatic heterocycles. The van der Waals surface area contributed by atoms with Gasteiger partial charge in [0.05, 0.1) is 13.2 Å². The molecule has 0 aromatic carbocycles. The minimum Gasteiger partial charge on any atom is -0.396 e. The van der Waals surface area contributed by atoms with Crippen molar-refractivity contribution in [3.63, 3.8) is 0 Å². The van der Waals surface area contributed by atoms with Crippen LogP contribution < -0.4 is 11.1 Å². The molecular formula is C7H15N3O. The van der Waals surface area contributed by atoms with Crippen LogP contribution in [0, 0.1) is 5.92 Å². The van der Waals surface area contributed by atoms with Crippen molar-refractivity contribution >= 4 is 5.84 Å². The van der Waals surface area contributed by atoms with Crippen molar-refractivity contribution in [1.82, 2.24) is 5.32 Å². The second-order valence-electron chi connectivity index (χ2n) is 2.65. The first-order valence-electron chi connectivity index (χ1n) is 3.97. The summed E-state index contributed by atoms with van der Waals surface area (Å²) in [6.45, 7) is 2.47. The smallest absolute Gasteiger partial charge is 0.102 e. The third-order valence-electron chi connectivity index (χ3n) is 1.82. The van der Waals surface area contributed by atoms with Gasteiger partial charge in [-0.1, -0.05) is 0 Å². The molecule has 4 nitrogen and oxygen atoms in total. The summed E-state index contributed by atoms with van der Waals surface area (Å²) in [5.74, 6) is 1.06. The molecule has 1 atom stereocenters. The Morgan fingerprint density at radius 3 is 3.00 bits per heavy atom. The van der Waals surface area contributed by atoms with Gasteiger partial charge in [0, 0.05) is 12.5 Å². The Bertz CT molecular complexity index is 147. The molecular weight excluding hydrogens is 142 g/mol. The molecule has 64 valence electrons. The van der Waals surface area contributed by atoms with E-state index in [4.69, 9.17) is 10.8 Å². The van der Waals surface area contributed by atoms with E-state index in [1.807, 2.05) is 0 Å². The molecule has 0 aliphatic carbocycles. The van der Waals surface area contributed by atoms with Gasteiger partial charge in [-0.3, -0.25) is 4.99 Å². The van der Waals surface area contributed by atoms with Gasteiger partial charge in [0.1, 0.15) is 5.84 Å². The monoisotopic (exact) mass is 157 g/mol. The Kier molecular flexibility index (Phi) is 3.32. The zero-order valence-electron chi connectivity index (χ0n) is 6.58. The first-order chi connectivity index (χ1) is 5.38. The fourth-order valence-electron chi connectivity index (χ4n) is 1.21. The summed E-state index contributed by atoms with van der Waals surface area (Å²) in [6.07, 6.45) is 0.808. The molecule has 0 amide bonds. The van der Waals surface area contributed by atoms with Crippen LogP contribution in [-0.2, 0) is 0 Å². The summed E-state index contributed by atoms with van der Waals surface area (Å²) in [5, 5.41) is 12.1. The van der Waals surface area contributed by atoms with Crippen LogP contribution >= 0.6 is 0 Å². The van der Waals surface area contributed by atoms with Crippen LogP contribution in [0.4, 0.5) is 0 Å². The van der Waals surface area contributed by atoms with Crippen LogP contribution in [-0.4, -0.2) is 37.2 Å². The summed E-state index contributed by atoms with van der Waals surface area (Å²) in [4.78, 5) is 4.22. The van der Waals surface area contributed by atoms with E-state index in [0.717, 1.165) is 25.3 Å². The highest BCUT2D eigenvalue weighted by Gasteiger charge is 2.16. The van der Waals surface area contributed by atoms with E-state index < -0.39 is 0 Å². The van der Waals surface area contributed by atoms with Gasteiger partial charge in [-0.25, -0.2) is 0 Å². The predicted octanol–water partition coefficient (Wildman–Crippen LogP) is -1.05. The molecule has 0 saturated carbocycles. The maximum Gasteiger partial charge on any atom is 0.102 e. The lowest BCUT2D eigenvalue weighted by molar-refractivity contribution is 0.255. The molecule has 1 aliphatic heterocycles. The standard InChI is InChI=1S/C7H15N3O/c8-2-1-6(5-11)7-9-3-4-10-7/h6,11H,1-5,8H2,(H,9,10). The summed E-state index contributed by atoms with van der Waals surface area (Å²) < 4.78 is 0. The van der Waals surface area contributed by atoms with Crippen molar-refractivity contribution in [2.45, 2.75) is 6.42 Å². The fourth-order valence-corrected chi connectivity index (χ4v) is 1.21. The van der Waals surface area contributed by atoms with Crippen molar-refractivity contribution in [2.75, 3.05) is 26.2 Å². The van der Waals surface area contributed by atoms with E-state index in [-0.39, 0.29) is 12.5 Å². The van der Waals surface area contributed by atoms with E-state index in [2.05, 4.69) is 10.3 Å². The molecule has 0 aromatic rings. The minimum atomic E-state index is 0.127. The van der Waals surface area contributed by atoms with Crippen LogP contribution in [0.25, 0.3) is 0 Å². The largest absolute Gasteiger partial charge is 0.396 e. The van der Waals surface area contributed by atoms with E-state index in [0.29, 0.717) is 6.54 Å². The van der Waals surface area contributed by atoms with Gasteiger partial charge in [-0.05, 0) is 13.0 Å². The molecule has 0 fully saturated rings. The van der Waals surface area contributed by atoms with Crippen molar-refractivity contribution in [3.8, 4) is 0 Å². The average Bonchev–Trinajstić information content (AvgIpc) is 2.52. The van der Waals surface area contributed by atoms with E-state index in [1.165, 1.54) is 0 Å². The van der Waals surface area contributed by atoms with Crippen LogP contribution in [0.3, 0.4) is 0 Å². The summed E-state index contributed by atoms with van der Waals surface area (Å²) in [6, 6.07) is 0. The van der Waals surface area contributed by atoms with Gasteiger partial charge in [0.15, 0.2) is 0 Å². The van der Waals surface area contributed by atoms with Gasteiger partial charge < -0.3 is 16.2 Å². The summed E-state index contributed by atoms with van der Waals surface area (Å²) in [5.41, 5.74) is 5.38. The molecule has 0 spiro atoms. The zero-order chi connectivity index (χ0) is 8.10. The Morgan fingerprint density at radius 2 is 2.55 bits per heavy atom. The number of nitrogens with one attached hydrogen (secondary N) is 1. The predicted molar refractivity (Wildman–Crippen MR) is 44.6 cm³/mol. The van der Waals surface area contributed by atoms with E-state index in [1.54, 1.807) is 0 Å². The topological polar surface area (TPSA) is 70.6 Å². The number of nitrogens with two attached hydrogens (primary N) is 1. The second-order valence-corrected chi connectivity index (χ2v) is 2.65. The van der Waals surface area contributed by atoms with Crippen molar-refractivity contribution in [3.05, 3.63) is 0 Å². The highest BCUT2D eigenvalue weighted by atomic mass is 16.3. The first-order valence-corrected chi connectivity index (χ1v) is 3.97. The van der Waals surface area contributed by atoms with E-state index >= 15 is 0 Å². The number of hydrogen-bond donors (Lipinski definition) is 3. The Morgan fingerprint density at radius 1 is 1.73 bits per heavy atom. The lowest BCUT2D eigenvalue weighted by atomic mass is 10.1. The van der Waals surface area contributed by atoms with Crippen molar-refractivity contribution < 1.29 is 5.11 Å². The number of amidine groups is 1. The zero-order valence-corrected chi connectivity index (χ0v) is 6.58. The molecule has 0 radical (unpaired) electrons. The van der Waals surface area contributed by atoms with Gasteiger partial charge in [0.25, 0.3) is 0 Å². The van der Waals surface area contributed by atoms with Crippen molar-refractivity contribution in [1.29, 1.82) is 0 Å². The van der Waals surface area contributed by atoms with Gasteiger partial charge in [-0.15, -0.1) is 0 Å². The normalized spacial score (nSPS) is 19.3. The van der Waals surface area contributed by atoms with Crippen LogP contribution in [0.1, 0.15) is 6.42 Å². The summed E-state index contributed by atoms with van der Waals surface area (Å²) in [7, 11) is 0. The lowest BCUT2D eigenvalue weighted by Crippen LogP contribution is -2.30. The van der Waals surface area contributed by atoms with E-state index in [9.17, 15) is 0 Å². The maximum atomic E-state index is 8.94. The molecule has 0 bridgehead atoms. The lowest BCUT2D eigenvalue weighted by Gasteiger charge is -2.12. The second kappa shape index (κ2) is 4.31. The Labute approximate surface area is 66.5 Å². The highest BCUT2D eigenvalue weighted by molar-refractivity contribution is 5.85. The number of aliphatic imine (C=N–C) groups is 1. The van der Waals surface area contributed by atoms with Gasteiger partial charge >= 0.3 is 0 Å². The SMILES string of the molecule is NCCC(CO)C1=NCCN1. The summed E-state index contributed by atoms with van der Waals surface area (Å²) >= 11 is 0. The number of rotatable bonds is 4. The van der Waals surface area contributed by atoms with Gasteiger partial charge in [-0.2, -0.15) is 0 Å². The number of hydrogen-bond acceptors (Lipinski definition) is 4. The van der Waals surface area contributed by atoms with Crippen LogP contribution in [0.5, 0.6) is 0 Å². The molecule has 11 heavy (non-hydrogen) atoms. The number of aliphatic hydroxyl groups excluding tert-OH is 1. The molecule has 1 heterocycles. The average molecular weight is 157 g/mol. The molecule has 0 saturated heterocycles. The number of nitrogens with zero attached hydrogens (tertiary/aromatic N) is 1. The van der Waals surface area contributed by atoms with Crippen molar-refractivity contribution in [2.24, 2.45) is 16.6 Å². The quantitative estimate of drug-likeness (QED) is 0.487. The third-order valence-corrected chi connectivity index (χ3v) is 1.82. The molecule has 1 aliphatic rings. The third kappa shape index (κ3) is 2.17. The number of aliphatic hydroxyl groups is 1. The fraction of sp³-hybridized carbons (Fsp3) is 0.857. The Balaban J connectivity index is 2.40. The highest BCUT2D eigenvalue weighted by Crippen LogP contribution is 2.04. The van der Waals surface area contributed by atoms with Crippen LogP contribution in [0.15, 0.2) is 4.99 Å². The van der Waals surface area contributed by atoms with Crippen LogP contribution in [0.2, 0.25) is 0 Å². The Hall–Kier alpha value is -0.610. The maximum absolute atomic E-state index is 8.94. The minimum absolute atomic E-state index is 0.127. The molecule has 1 unspecified atom stereocenters. The van der Waals surface area contributed by atoms with Gasteiger partial charge in [0.2, 0.25) is 0 Å². The molecule has 4 heteroatoms.